The number of carbonyl (C=O) groups is 1. The summed E-state index contributed by atoms with van der Waals surface area (Å²) in [5, 5.41) is 6.60. The Bertz CT molecular complexity index is 711. The summed E-state index contributed by atoms with van der Waals surface area (Å²) in [5.41, 5.74) is 0.956. The molecule has 4 atom stereocenters. The van der Waals surface area contributed by atoms with Crippen LogP contribution in [-0.4, -0.2) is 54.1 Å². The van der Waals surface area contributed by atoms with E-state index >= 15 is 0 Å². The first-order valence-corrected chi connectivity index (χ1v) is 9.63. The minimum absolute atomic E-state index is 0. The molecule has 2 saturated heterocycles. The van der Waals surface area contributed by atoms with Gasteiger partial charge in [0, 0.05) is 49.3 Å². The quantitative estimate of drug-likeness (QED) is 0.780. The van der Waals surface area contributed by atoms with E-state index in [0.29, 0.717) is 18.5 Å². The van der Waals surface area contributed by atoms with Gasteiger partial charge in [0.15, 0.2) is 0 Å². The van der Waals surface area contributed by atoms with Crippen LogP contribution in [0.1, 0.15) is 43.8 Å². The normalized spacial score (nSPS) is 29.2. The van der Waals surface area contributed by atoms with E-state index in [1.165, 1.54) is 6.42 Å². The molecule has 0 unspecified atom stereocenters. The molecule has 2 bridgehead atoms. The monoisotopic (exact) mass is 416 g/mol. The van der Waals surface area contributed by atoms with Crippen molar-refractivity contribution in [1.29, 1.82) is 0 Å². The minimum Gasteiger partial charge on any atom is -0.353 e. The van der Waals surface area contributed by atoms with E-state index in [2.05, 4.69) is 22.5 Å². The first-order valence-electron chi connectivity index (χ1n) is 9.63. The van der Waals surface area contributed by atoms with E-state index in [0.717, 1.165) is 44.7 Å². The van der Waals surface area contributed by atoms with Gasteiger partial charge in [-0.15, -0.1) is 24.8 Å². The highest BCUT2D eigenvalue weighted by Gasteiger charge is 2.41. The van der Waals surface area contributed by atoms with E-state index < -0.39 is 0 Å². The summed E-state index contributed by atoms with van der Waals surface area (Å²) < 4.78 is 1.77. The van der Waals surface area contributed by atoms with Crippen molar-refractivity contribution in [3.05, 3.63) is 34.2 Å². The maximum atomic E-state index is 13.0. The Morgan fingerprint density at radius 1 is 1.30 bits per heavy atom. The average molecular weight is 417 g/mol. The summed E-state index contributed by atoms with van der Waals surface area (Å²) in [5.74, 6) is 0.531. The topological polar surface area (TPSA) is 66.4 Å². The number of nitrogens with zero attached hydrogens (tertiary/aromatic N) is 2. The van der Waals surface area contributed by atoms with Crippen LogP contribution in [0.5, 0.6) is 0 Å². The molecule has 4 heterocycles. The van der Waals surface area contributed by atoms with Crippen LogP contribution in [0.2, 0.25) is 0 Å². The fraction of sp³-hybridized carbons (Fsp3) is 0.684. The van der Waals surface area contributed by atoms with Crippen molar-refractivity contribution < 1.29 is 4.79 Å². The maximum absolute atomic E-state index is 13.0. The summed E-state index contributed by atoms with van der Waals surface area (Å²) in [4.78, 5) is 28.0. The number of hydrogen-bond donors (Lipinski definition) is 2. The zero-order valence-corrected chi connectivity index (χ0v) is 17.4. The summed E-state index contributed by atoms with van der Waals surface area (Å²) >= 11 is 0. The number of piperidine rings is 1. The van der Waals surface area contributed by atoms with Crippen LogP contribution >= 0.6 is 24.8 Å². The van der Waals surface area contributed by atoms with Crippen LogP contribution in [-0.2, 0) is 4.79 Å². The molecule has 1 amide bonds. The van der Waals surface area contributed by atoms with Crippen LogP contribution in [0, 0.1) is 5.92 Å². The van der Waals surface area contributed by atoms with Crippen molar-refractivity contribution in [2.24, 2.45) is 5.92 Å². The molecule has 1 aromatic heterocycles. The van der Waals surface area contributed by atoms with Crippen LogP contribution in [0.25, 0.3) is 0 Å². The van der Waals surface area contributed by atoms with Gasteiger partial charge in [-0.3, -0.25) is 19.1 Å². The highest BCUT2D eigenvalue weighted by Crippen LogP contribution is 2.38. The Morgan fingerprint density at radius 3 is 2.89 bits per heavy atom. The first-order chi connectivity index (χ1) is 12.2. The van der Waals surface area contributed by atoms with Gasteiger partial charge in [0.1, 0.15) is 6.04 Å². The fourth-order valence-corrected chi connectivity index (χ4v) is 5.00. The number of aromatic nitrogens is 1. The van der Waals surface area contributed by atoms with Gasteiger partial charge < -0.3 is 10.6 Å². The van der Waals surface area contributed by atoms with Gasteiger partial charge in [0.2, 0.25) is 5.91 Å². The van der Waals surface area contributed by atoms with Crippen molar-refractivity contribution in [1.82, 2.24) is 20.1 Å². The van der Waals surface area contributed by atoms with Gasteiger partial charge in [-0.1, -0.05) is 13.0 Å². The lowest BCUT2D eigenvalue weighted by Crippen LogP contribution is -2.53. The van der Waals surface area contributed by atoms with E-state index in [1.54, 1.807) is 10.6 Å². The molecular formula is C19H30Cl2N4O2. The summed E-state index contributed by atoms with van der Waals surface area (Å²) in [6.07, 6.45) is 3.33. The van der Waals surface area contributed by atoms with E-state index in [4.69, 9.17) is 0 Å². The second-order valence-corrected chi connectivity index (χ2v) is 7.62. The third kappa shape index (κ3) is 4.19. The fourth-order valence-electron chi connectivity index (χ4n) is 5.00. The number of likely N-dealkylation sites (tertiary alicyclic amines) is 1. The largest absolute Gasteiger partial charge is 0.353 e. The molecule has 1 aromatic rings. The van der Waals surface area contributed by atoms with Crippen molar-refractivity contribution in [2.45, 2.75) is 44.2 Å². The molecular weight excluding hydrogens is 387 g/mol. The second-order valence-electron chi connectivity index (χ2n) is 7.62. The molecule has 27 heavy (non-hydrogen) atoms. The van der Waals surface area contributed by atoms with Gasteiger partial charge >= 0.3 is 0 Å². The summed E-state index contributed by atoms with van der Waals surface area (Å²) in [6, 6.07) is 5.45. The molecule has 0 aliphatic carbocycles. The van der Waals surface area contributed by atoms with Gasteiger partial charge in [-0.05, 0) is 38.4 Å². The number of hydrogen-bond acceptors (Lipinski definition) is 4. The smallest absolute Gasteiger partial charge is 0.251 e. The third-order valence-corrected chi connectivity index (χ3v) is 6.23. The van der Waals surface area contributed by atoms with Crippen molar-refractivity contribution in [3.63, 3.8) is 0 Å². The summed E-state index contributed by atoms with van der Waals surface area (Å²) in [7, 11) is 0. The van der Waals surface area contributed by atoms with Crippen molar-refractivity contribution in [2.75, 3.05) is 32.7 Å². The van der Waals surface area contributed by atoms with Gasteiger partial charge in [-0.25, -0.2) is 0 Å². The molecule has 2 N–H and O–H groups in total. The number of pyridine rings is 1. The van der Waals surface area contributed by atoms with Gasteiger partial charge in [-0.2, -0.15) is 0 Å². The molecule has 6 nitrogen and oxygen atoms in total. The van der Waals surface area contributed by atoms with Crippen LogP contribution in [0.15, 0.2) is 23.0 Å². The second kappa shape index (κ2) is 9.41. The predicted octanol–water partition coefficient (Wildman–Crippen LogP) is 1.54. The lowest BCUT2D eigenvalue weighted by atomic mass is 9.79. The Kier molecular flexibility index (Phi) is 7.74. The number of amides is 1. The first kappa shape index (κ1) is 22.2. The minimum atomic E-state index is -0.385. The molecule has 0 saturated carbocycles. The van der Waals surface area contributed by atoms with Crippen LogP contribution < -0.4 is 16.2 Å². The lowest BCUT2D eigenvalue weighted by Gasteiger charge is -2.42. The maximum Gasteiger partial charge on any atom is 0.251 e. The zero-order valence-electron chi connectivity index (χ0n) is 15.7. The van der Waals surface area contributed by atoms with Crippen molar-refractivity contribution in [3.8, 4) is 0 Å². The molecule has 0 spiro atoms. The highest BCUT2D eigenvalue weighted by atomic mass is 35.5. The Labute approximate surface area is 172 Å². The number of nitrogens with one attached hydrogen (secondary N) is 2. The molecule has 3 aliphatic rings. The summed E-state index contributed by atoms with van der Waals surface area (Å²) in [6.45, 7) is 6.70. The molecule has 152 valence electrons. The lowest BCUT2D eigenvalue weighted by molar-refractivity contribution is -0.127. The molecule has 8 heteroatoms. The number of halogens is 2. The number of rotatable bonds is 4. The number of carbonyl (C=O) groups excluding carboxylic acids is 1. The van der Waals surface area contributed by atoms with E-state index in [-0.39, 0.29) is 48.2 Å². The van der Waals surface area contributed by atoms with Crippen molar-refractivity contribution >= 4 is 30.7 Å². The SMILES string of the molecule is CCN1CCC[C@H]1CNC(=O)[C@H]1[C@@H]2CNC[C@@H](C2)c2cccc(=O)n21.Cl.Cl. The molecule has 0 aromatic carbocycles. The highest BCUT2D eigenvalue weighted by molar-refractivity contribution is 5.85. The number of likely N-dealkylation sites (N-methyl/N-ethyl adjacent to an activating group) is 1. The van der Waals surface area contributed by atoms with Crippen LogP contribution in [0.4, 0.5) is 0 Å². The molecule has 0 radical (unpaired) electrons. The van der Waals surface area contributed by atoms with Gasteiger partial charge in [0.05, 0.1) is 0 Å². The Hall–Kier alpha value is -1.08. The Morgan fingerprint density at radius 2 is 2.11 bits per heavy atom. The van der Waals surface area contributed by atoms with E-state index in [1.807, 2.05) is 12.1 Å². The molecule has 3 aliphatic heterocycles. The Balaban J connectivity index is 0.00000131. The molecule has 4 rings (SSSR count). The van der Waals surface area contributed by atoms with E-state index in [9.17, 15) is 9.59 Å². The average Bonchev–Trinajstić information content (AvgIpc) is 3.09. The zero-order chi connectivity index (χ0) is 17.4. The third-order valence-electron chi connectivity index (χ3n) is 6.23. The standard InChI is InChI=1S/C19H28N4O2.2ClH/c1-2-22-8-4-5-15(22)12-21-19(25)18-14-9-13(10-20-11-14)16-6-3-7-17(24)23(16)18;;/h3,6-7,13-15,18,20H,2,4-5,8-12H2,1H3,(H,21,25);2*1H/t13-,14+,15+,18-;;/m1../s1. The van der Waals surface area contributed by atoms with Gasteiger partial charge in [0.25, 0.3) is 5.56 Å². The molecule has 2 fully saturated rings. The van der Waals surface area contributed by atoms with Crippen LogP contribution in [0.3, 0.4) is 0 Å². The predicted molar refractivity (Wildman–Crippen MR) is 111 cm³/mol. The number of fused-ring (bicyclic) bond motifs is 4.